The minimum atomic E-state index is 0.430. The topological polar surface area (TPSA) is 24.9 Å². The minimum absolute atomic E-state index is 0.430. The summed E-state index contributed by atoms with van der Waals surface area (Å²) in [7, 11) is 2.08. The van der Waals surface area contributed by atoms with Crippen molar-refractivity contribution in [3.63, 3.8) is 0 Å². The van der Waals surface area contributed by atoms with Crippen LogP contribution in [0.3, 0.4) is 0 Å². The molecule has 84 valence electrons. The van der Waals surface area contributed by atoms with Crippen molar-refractivity contribution in [1.29, 1.82) is 0 Å². The standard InChI is InChI=1S/C12H20N2S/c1-12(2)6-4-9(13-3)8-10(12)11-5-7-14-15-11/h5,7,9-10,13H,4,6,8H2,1-3H3. The van der Waals surface area contributed by atoms with Crippen LogP contribution in [0.2, 0.25) is 0 Å². The van der Waals surface area contributed by atoms with E-state index in [1.165, 1.54) is 24.1 Å². The molecule has 2 nitrogen and oxygen atoms in total. The van der Waals surface area contributed by atoms with Crippen LogP contribution in [0.1, 0.15) is 43.9 Å². The van der Waals surface area contributed by atoms with E-state index in [2.05, 4.69) is 36.7 Å². The number of hydrogen-bond acceptors (Lipinski definition) is 3. The Bertz CT molecular complexity index is 305. The van der Waals surface area contributed by atoms with E-state index in [0.717, 1.165) is 0 Å². The number of aromatic nitrogens is 1. The van der Waals surface area contributed by atoms with Crippen molar-refractivity contribution in [2.75, 3.05) is 7.05 Å². The summed E-state index contributed by atoms with van der Waals surface area (Å²) in [6, 6.07) is 2.87. The van der Waals surface area contributed by atoms with Gasteiger partial charge in [0.05, 0.1) is 0 Å². The lowest BCUT2D eigenvalue weighted by atomic mass is 9.67. The van der Waals surface area contributed by atoms with Crippen molar-refractivity contribution in [3.05, 3.63) is 17.1 Å². The van der Waals surface area contributed by atoms with E-state index < -0.39 is 0 Å². The Labute approximate surface area is 96.3 Å². The van der Waals surface area contributed by atoms with Gasteiger partial charge in [-0.15, -0.1) is 0 Å². The molecular formula is C12H20N2S. The van der Waals surface area contributed by atoms with E-state index in [9.17, 15) is 0 Å². The Morgan fingerprint density at radius 1 is 1.53 bits per heavy atom. The lowest BCUT2D eigenvalue weighted by Crippen LogP contribution is -2.38. The highest BCUT2D eigenvalue weighted by atomic mass is 32.1. The lowest BCUT2D eigenvalue weighted by molar-refractivity contribution is 0.173. The quantitative estimate of drug-likeness (QED) is 0.835. The molecule has 0 radical (unpaired) electrons. The highest BCUT2D eigenvalue weighted by Gasteiger charge is 2.37. The van der Waals surface area contributed by atoms with E-state index in [4.69, 9.17) is 0 Å². The third-order valence-electron chi connectivity index (χ3n) is 3.81. The van der Waals surface area contributed by atoms with Crippen LogP contribution in [0.15, 0.2) is 12.3 Å². The molecule has 0 aliphatic heterocycles. The highest BCUT2D eigenvalue weighted by Crippen LogP contribution is 2.47. The molecule has 0 saturated heterocycles. The lowest BCUT2D eigenvalue weighted by Gasteiger charge is -2.41. The largest absolute Gasteiger partial charge is 0.317 e. The molecule has 2 rings (SSSR count). The summed E-state index contributed by atoms with van der Waals surface area (Å²) in [5, 5.41) is 3.42. The van der Waals surface area contributed by atoms with Crippen molar-refractivity contribution in [3.8, 4) is 0 Å². The summed E-state index contributed by atoms with van der Waals surface area (Å²) < 4.78 is 4.24. The predicted octanol–water partition coefficient (Wildman–Crippen LogP) is 3.02. The molecule has 1 heterocycles. The van der Waals surface area contributed by atoms with Crippen LogP contribution < -0.4 is 5.32 Å². The second-order valence-corrected chi connectivity index (χ2v) is 6.08. The number of nitrogens with zero attached hydrogens (tertiary/aromatic N) is 1. The second kappa shape index (κ2) is 4.22. The van der Waals surface area contributed by atoms with Crippen LogP contribution in [0.5, 0.6) is 0 Å². The van der Waals surface area contributed by atoms with Crippen LogP contribution in [0.4, 0.5) is 0 Å². The van der Waals surface area contributed by atoms with Gasteiger partial charge in [0.1, 0.15) is 0 Å². The summed E-state index contributed by atoms with van der Waals surface area (Å²) >= 11 is 1.67. The van der Waals surface area contributed by atoms with Crippen LogP contribution >= 0.6 is 11.5 Å². The van der Waals surface area contributed by atoms with Gasteiger partial charge in [-0.3, -0.25) is 0 Å². The summed E-state index contributed by atoms with van der Waals surface area (Å²) in [5.74, 6) is 0.677. The summed E-state index contributed by atoms with van der Waals surface area (Å²) in [5.41, 5.74) is 0.430. The first kappa shape index (κ1) is 11.1. The third kappa shape index (κ3) is 2.23. The van der Waals surface area contributed by atoms with Gasteiger partial charge in [0.25, 0.3) is 0 Å². The molecule has 1 aromatic heterocycles. The number of nitrogens with one attached hydrogen (secondary N) is 1. The van der Waals surface area contributed by atoms with E-state index in [-0.39, 0.29) is 0 Å². The van der Waals surface area contributed by atoms with Crippen LogP contribution in [0, 0.1) is 5.41 Å². The maximum atomic E-state index is 4.24. The summed E-state index contributed by atoms with van der Waals surface area (Å²) in [4.78, 5) is 1.46. The number of hydrogen-bond donors (Lipinski definition) is 1. The first-order valence-corrected chi connectivity index (χ1v) is 6.48. The molecule has 0 aromatic carbocycles. The van der Waals surface area contributed by atoms with Crippen LogP contribution in [-0.4, -0.2) is 17.5 Å². The van der Waals surface area contributed by atoms with Gasteiger partial charge in [0.2, 0.25) is 0 Å². The molecule has 1 fully saturated rings. The molecule has 0 bridgehead atoms. The van der Waals surface area contributed by atoms with E-state index in [0.29, 0.717) is 17.4 Å². The molecule has 15 heavy (non-hydrogen) atoms. The average molecular weight is 224 g/mol. The second-order valence-electron chi connectivity index (χ2n) is 5.22. The van der Waals surface area contributed by atoms with Gasteiger partial charge < -0.3 is 5.32 Å². The fourth-order valence-corrected chi connectivity index (χ4v) is 3.52. The van der Waals surface area contributed by atoms with Gasteiger partial charge in [-0.25, -0.2) is 4.37 Å². The maximum Gasteiger partial charge on any atom is 0.0409 e. The molecule has 1 saturated carbocycles. The first-order chi connectivity index (χ1) is 7.13. The maximum absolute atomic E-state index is 4.24. The van der Waals surface area contributed by atoms with E-state index >= 15 is 0 Å². The fourth-order valence-electron chi connectivity index (χ4n) is 2.61. The van der Waals surface area contributed by atoms with Crippen LogP contribution in [0.25, 0.3) is 0 Å². The Hall–Kier alpha value is -0.410. The Morgan fingerprint density at radius 2 is 2.33 bits per heavy atom. The van der Waals surface area contributed by atoms with E-state index in [1.807, 2.05) is 6.20 Å². The van der Waals surface area contributed by atoms with Gasteiger partial charge in [0, 0.05) is 23.0 Å². The normalized spacial score (nSPS) is 30.3. The van der Waals surface area contributed by atoms with Gasteiger partial charge in [-0.2, -0.15) is 0 Å². The first-order valence-electron chi connectivity index (χ1n) is 5.71. The van der Waals surface area contributed by atoms with Crippen molar-refractivity contribution in [1.82, 2.24) is 9.69 Å². The zero-order chi connectivity index (χ0) is 10.9. The Kier molecular flexibility index (Phi) is 3.12. The molecule has 1 N–H and O–H groups in total. The molecular weight excluding hydrogens is 204 g/mol. The average Bonchev–Trinajstić information content (AvgIpc) is 2.70. The van der Waals surface area contributed by atoms with Gasteiger partial charge in [-0.1, -0.05) is 13.8 Å². The Balaban J connectivity index is 2.19. The molecule has 1 aromatic rings. The van der Waals surface area contributed by atoms with Gasteiger partial charge >= 0.3 is 0 Å². The zero-order valence-electron chi connectivity index (χ0n) is 9.79. The SMILES string of the molecule is CNC1CCC(C)(C)C(c2ccns2)C1. The highest BCUT2D eigenvalue weighted by molar-refractivity contribution is 7.05. The third-order valence-corrected chi connectivity index (χ3v) is 4.67. The monoisotopic (exact) mass is 224 g/mol. The molecule has 1 aliphatic carbocycles. The molecule has 1 aliphatic rings. The molecule has 3 heteroatoms. The number of rotatable bonds is 2. The van der Waals surface area contributed by atoms with E-state index in [1.54, 1.807) is 11.5 Å². The van der Waals surface area contributed by atoms with Crippen molar-refractivity contribution < 1.29 is 0 Å². The van der Waals surface area contributed by atoms with Crippen LogP contribution in [-0.2, 0) is 0 Å². The summed E-state index contributed by atoms with van der Waals surface area (Å²) in [6.45, 7) is 4.78. The molecule has 0 spiro atoms. The molecule has 2 unspecified atom stereocenters. The smallest absolute Gasteiger partial charge is 0.0409 e. The minimum Gasteiger partial charge on any atom is -0.317 e. The molecule has 2 atom stereocenters. The van der Waals surface area contributed by atoms with Crippen molar-refractivity contribution in [2.24, 2.45) is 5.41 Å². The summed E-state index contributed by atoms with van der Waals surface area (Å²) in [6.07, 6.45) is 5.80. The van der Waals surface area contributed by atoms with Gasteiger partial charge in [0.15, 0.2) is 0 Å². The van der Waals surface area contributed by atoms with Crippen molar-refractivity contribution in [2.45, 2.75) is 45.1 Å². The fraction of sp³-hybridized carbons (Fsp3) is 0.750. The zero-order valence-corrected chi connectivity index (χ0v) is 10.6. The van der Waals surface area contributed by atoms with Gasteiger partial charge in [-0.05, 0) is 49.3 Å². The molecule has 0 amide bonds. The Morgan fingerprint density at radius 3 is 2.93 bits per heavy atom. The van der Waals surface area contributed by atoms with Crippen molar-refractivity contribution >= 4 is 11.5 Å². The predicted molar refractivity (Wildman–Crippen MR) is 65.3 cm³/mol.